The lowest BCUT2D eigenvalue weighted by atomic mass is 10.2. The van der Waals surface area contributed by atoms with Crippen molar-refractivity contribution in [3.05, 3.63) is 27.8 Å². The van der Waals surface area contributed by atoms with Crippen LogP contribution < -0.4 is 10.5 Å². The molecule has 0 aliphatic carbocycles. The van der Waals surface area contributed by atoms with Crippen LogP contribution in [0.5, 0.6) is 5.75 Å². The maximum Gasteiger partial charge on any atom is 0.135 e. The number of methoxy groups -OCH3 is 1. The van der Waals surface area contributed by atoms with Crippen LogP contribution in [-0.2, 0) is 0 Å². The number of nitrogens with two attached hydrogens (primary N) is 1. The number of rotatable bonds is 1. The van der Waals surface area contributed by atoms with Crippen LogP contribution in [0.15, 0.2) is 22.8 Å². The molecule has 0 bridgehead atoms. The third-order valence-electron chi connectivity index (χ3n) is 2.10. The summed E-state index contributed by atoms with van der Waals surface area (Å²) < 4.78 is 5.99. The molecule has 0 aliphatic rings. The first-order chi connectivity index (χ1) is 7.13. The molecule has 0 spiro atoms. The fraction of sp³-hybridized carbons (Fsp3) is 0.100. The lowest BCUT2D eigenvalue weighted by Crippen LogP contribution is -1.91. The Morgan fingerprint density at radius 3 is 2.87 bits per heavy atom. The summed E-state index contributed by atoms with van der Waals surface area (Å²) in [5, 5.41) is 1.33. The predicted molar refractivity (Wildman–Crippen MR) is 65.4 cm³/mol. The minimum atomic E-state index is 0.473. The maximum absolute atomic E-state index is 6.07. The topological polar surface area (TPSA) is 48.1 Å². The number of ether oxygens (including phenoxy) is 1. The number of benzene rings is 1. The lowest BCUT2D eigenvalue weighted by Gasteiger charge is -2.07. The van der Waals surface area contributed by atoms with Gasteiger partial charge in [-0.15, -0.1) is 0 Å². The number of anilines is 1. The van der Waals surface area contributed by atoms with Crippen LogP contribution in [0.4, 0.5) is 5.69 Å². The Balaban J connectivity index is 2.81. The van der Waals surface area contributed by atoms with Gasteiger partial charge in [-0.3, -0.25) is 4.98 Å². The molecule has 0 saturated carbocycles. The van der Waals surface area contributed by atoms with Crippen LogP contribution in [0, 0.1) is 0 Å². The molecule has 1 aromatic carbocycles. The van der Waals surface area contributed by atoms with Crippen molar-refractivity contribution < 1.29 is 4.74 Å². The van der Waals surface area contributed by atoms with Gasteiger partial charge in [-0.25, -0.2) is 0 Å². The van der Waals surface area contributed by atoms with Crippen molar-refractivity contribution in [2.24, 2.45) is 0 Å². The van der Waals surface area contributed by atoms with Crippen LogP contribution in [0.25, 0.3) is 10.9 Å². The van der Waals surface area contributed by atoms with Crippen molar-refractivity contribution in [3.8, 4) is 5.75 Å². The van der Waals surface area contributed by atoms with Crippen LogP contribution >= 0.6 is 27.5 Å². The molecule has 0 unspecified atom stereocenters. The van der Waals surface area contributed by atoms with E-state index in [1.807, 2.05) is 12.1 Å². The number of hydrogen-bond donors (Lipinski definition) is 1. The first-order valence-corrected chi connectivity index (χ1v) is 5.38. The third-order valence-corrected chi connectivity index (χ3v) is 3.14. The largest absolute Gasteiger partial charge is 0.495 e. The van der Waals surface area contributed by atoms with E-state index in [2.05, 4.69) is 20.9 Å². The summed E-state index contributed by atoms with van der Waals surface area (Å²) in [6, 6.07) is 3.66. The molecule has 2 aromatic rings. The van der Waals surface area contributed by atoms with E-state index in [4.69, 9.17) is 22.1 Å². The Labute approximate surface area is 100 Å². The quantitative estimate of drug-likeness (QED) is 0.876. The fourth-order valence-electron chi connectivity index (χ4n) is 1.33. The van der Waals surface area contributed by atoms with Gasteiger partial charge in [0.1, 0.15) is 5.75 Å². The minimum Gasteiger partial charge on any atom is -0.495 e. The molecule has 2 rings (SSSR count). The Kier molecular flexibility index (Phi) is 2.71. The predicted octanol–water partition coefficient (Wildman–Crippen LogP) is 3.24. The second kappa shape index (κ2) is 3.87. The number of fused-ring (bicyclic) bond motifs is 1. The summed E-state index contributed by atoms with van der Waals surface area (Å²) in [5.74, 6) is 0.718. The van der Waals surface area contributed by atoms with Crippen molar-refractivity contribution in [1.29, 1.82) is 0 Å². The fourth-order valence-corrected chi connectivity index (χ4v) is 2.04. The molecule has 78 valence electrons. The molecule has 0 fully saturated rings. The van der Waals surface area contributed by atoms with Gasteiger partial charge in [-0.1, -0.05) is 11.6 Å². The number of pyridine rings is 1. The van der Waals surface area contributed by atoms with Crippen molar-refractivity contribution in [3.63, 3.8) is 0 Å². The Bertz CT molecular complexity index is 530. The number of hydrogen-bond acceptors (Lipinski definition) is 3. The summed E-state index contributed by atoms with van der Waals surface area (Å²) in [5.41, 5.74) is 6.90. The summed E-state index contributed by atoms with van der Waals surface area (Å²) in [6.45, 7) is 0. The standard InChI is InChI=1S/C10H8BrClN2O/c1-15-9-3-8-5(2-6(9)11)10(12)7(13)4-14-8/h2-4H,13H2,1H3. The molecule has 0 amide bonds. The van der Waals surface area contributed by atoms with Crippen LogP contribution in [-0.4, -0.2) is 12.1 Å². The highest BCUT2D eigenvalue weighted by Gasteiger charge is 2.08. The van der Waals surface area contributed by atoms with Crippen molar-refractivity contribution in [1.82, 2.24) is 4.98 Å². The van der Waals surface area contributed by atoms with Gasteiger partial charge < -0.3 is 10.5 Å². The van der Waals surface area contributed by atoms with Gasteiger partial charge >= 0.3 is 0 Å². The molecule has 1 heterocycles. The lowest BCUT2D eigenvalue weighted by molar-refractivity contribution is 0.412. The highest BCUT2D eigenvalue weighted by atomic mass is 79.9. The first-order valence-electron chi connectivity index (χ1n) is 4.20. The van der Waals surface area contributed by atoms with Crippen molar-refractivity contribution in [2.75, 3.05) is 12.8 Å². The molecule has 0 saturated heterocycles. The van der Waals surface area contributed by atoms with E-state index in [-0.39, 0.29) is 0 Å². The van der Waals surface area contributed by atoms with Crippen LogP contribution in [0.3, 0.4) is 0 Å². The molecular formula is C10H8BrClN2O. The average Bonchev–Trinajstić information content (AvgIpc) is 2.24. The third kappa shape index (κ3) is 1.75. The first kappa shape index (κ1) is 10.5. The van der Waals surface area contributed by atoms with Gasteiger partial charge in [0.25, 0.3) is 0 Å². The molecule has 0 radical (unpaired) electrons. The van der Waals surface area contributed by atoms with Gasteiger partial charge in [0.05, 0.1) is 34.0 Å². The number of nitrogen functional groups attached to an aromatic ring is 1. The van der Waals surface area contributed by atoms with Gasteiger partial charge in [0, 0.05) is 11.5 Å². The molecule has 15 heavy (non-hydrogen) atoms. The smallest absolute Gasteiger partial charge is 0.135 e. The van der Waals surface area contributed by atoms with E-state index in [1.54, 1.807) is 7.11 Å². The van der Waals surface area contributed by atoms with E-state index in [1.165, 1.54) is 6.20 Å². The molecule has 3 nitrogen and oxygen atoms in total. The zero-order chi connectivity index (χ0) is 11.0. The van der Waals surface area contributed by atoms with Crippen LogP contribution in [0.1, 0.15) is 0 Å². The monoisotopic (exact) mass is 286 g/mol. The SMILES string of the molecule is COc1cc2ncc(N)c(Cl)c2cc1Br. The van der Waals surface area contributed by atoms with Crippen LogP contribution in [0.2, 0.25) is 5.02 Å². The second-order valence-corrected chi connectivity index (χ2v) is 4.26. The number of halogens is 2. The van der Waals surface area contributed by atoms with Gasteiger partial charge in [-0.05, 0) is 22.0 Å². The summed E-state index contributed by atoms with van der Waals surface area (Å²) in [7, 11) is 1.60. The second-order valence-electron chi connectivity index (χ2n) is 3.03. The van der Waals surface area contributed by atoms with Gasteiger partial charge in [-0.2, -0.15) is 0 Å². The van der Waals surface area contributed by atoms with Gasteiger partial charge in [0.15, 0.2) is 0 Å². The summed E-state index contributed by atoms with van der Waals surface area (Å²) in [4.78, 5) is 4.18. The average molecular weight is 288 g/mol. The highest BCUT2D eigenvalue weighted by Crippen LogP contribution is 2.34. The molecule has 5 heteroatoms. The maximum atomic E-state index is 6.07. The van der Waals surface area contributed by atoms with Gasteiger partial charge in [0.2, 0.25) is 0 Å². The molecule has 1 aromatic heterocycles. The zero-order valence-corrected chi connectivity index (χ0v) is 10.3. The van der Waals surface area contributed by atoms with E-state index >= 15 is 0 Å². The minimum absolute atomic E-state index is 0.473. The van der Waals surface area contributed by atoms with Crippen molar-refractivity contribution in [2.45, 2.75) is 0 Å². The Hall–Kier alpha value is -1.000. The molecule has 2 N–H and O–H groups in total. The van der Waals surface area contributed by atoms with E-state index in [0.717, 1.165) is 21.1 Å². The Morgan fingerprint density at radius 2 is 2.20 bits per heavy atom. The van der Waals surface area contributed by atoms with E-state index < -0.39 is 0 Å². The molecular weight excluding hydrogens is 279 g/mol. The molecule has 0 aliphatic heterocycles. The number of nitrogens with zero attached hydrogens (tertiary/aromatic N) is 1. The van der Waals surface area contributed by atoms with E-state index in [9.17, 15) is 0 Å². The van der Waals surface area contributed by atoms with Crippen molar-refractivity contribution >= 4 is 44.1 Å². The van der Waals surface area contributed by atoms with E-state index in [0.29, 0.717) is 10.7 Å². The molecule has 0 atom stereocenters. The normalized spacial score (nSPS) is 10.6. The Morgan fingerprint density at radius 1 is 1.47 bits per heavy atom. The highest BCUT2D eigenvalue weighted by molar-refractivity contribution is 9.10. The number of aromatic nitrogens is 1. The summed E-state index contributed by atoms with van der Waals surface area (Å²) >= 11 is 9.45. The zero-order valence-electron chi connectivity index (χ0n) is 7.92. The summed E-state index contributed by atoms with van der Waals surface area (Å²) in [6.07, 6.45) is 1.54.